The molecule has 0 aromatic heterocycles. The zero-order valence-electron chi connectivity index (χ0n) is 11.2. The van der Waals surface area contributed by atoms with Gasteiger partial charge in [-0.2, -0.15) is 0 Å². The van der Waals surface area contributed by atoms with Crippen molar-refractivity contribution in [3.8, 4) is 0 Å². The SMILES string of the molecule is Cc1ccc(CC(=O)Cc2ccc(Cl)cc2)cc1C. The second-order valence-electron chi connectivity index (χ2n) is 4.94. The fourth-order valence-electron chi connectivity index (χ4n) is 2.03. The Morgan fingerprint density at radius 1 is 0.895 bits per heavy atom. The molecule has 0 unspecified atom stereocenters. The summed E-state index contributed by atoms with van der Waals surface area (Å²) in [6.07, 6.45) is 0.952. The summed E-state index contributed by atoms with van der Waals surface area (Å²) in [5, 5.41) is 0.699. The van der Waals surface area contributed by atoms with Gasteiger partial charge in [-0.3, -0.25) is 4.79 Å². The van der Waals surface area contributed by atoms with Gasteiger partial charge in [0.25, 0.3) is 0 Å². The average Bonchev–Trinajstić information content (AvgIpc) is 2.37. The van der Waals surface area contributed by atoms with Crippen LogP contribution in [0.15, 0.2) is 42.5 Å². The minimum Gasteiger partial charge on any atom is -0.299 e. The smallest absolute Gasteiger partial charge is 0.141 e. The Balaban J connectivity index is 2.01. The largest absolute Gasteiger partial charge is 0.299 e. The van der Waals surface area contributed by atoms with Crippen molar-refractivity contribution < 1.29 is 4.79 Å². The van der Waals surface area contributed by atoms with E-state index < -0.39 is 0 Å². The summed E-state index contributed by atoms with van der Waals surface area (Å²) in [7, 11) is 0. The highest BCUT2D eigenvalue weighted by atomic mass is 35.5. The van der Waals surface area contributed by atoms with Gasteiger partial charge in [-0.25, -0.2) is 0 Å². The summed E-state index contributed by atoms with van der Waals surface area (Å²) >= 11 is 5.83. The highest BCUT2D eigenvalue weighted by molar-refractivity contribution is 6.30. The molecule has 0 radical (unpaired) electrons. The number of hydrogen-bond donors (Lipinski definition) is 0. The van der Waals surface area contributed by atoms with Crippen LogP contribution >= 0.6 is 11.6 Å². The van der Waals surface area contributed by atoms with E-state index in [-0.39, 0.29) is 5.78 Å². The van der Waals surface area contributed by atoms with Crippen molar-refractivity contribution in [2.45, 2.75) is 26.7 Å². The molecule has 0 aliphatic carbocycles. The van der Waals surface area contributed by atoms with Gasteiger partial charge in [0.05, 0.1) is 0 Å². The lowest BCUT2D eigenvalue weighted by Gasteiger charge is -2.05. The van der Waals surface area contributed by atoms with Crippen LogP contribution in [-0.4, -0.2) is 5.78 Å². The van der Waals surface area contributed by atoms with Crippen LogP contribution in [0.1, 0.15) is 22.3 Å². The van der Waals surface area contributed by atoms with Gasteiger partial charge in [-0.15, -0.1) is 0 Å². The lowest BCUT2D eigenvalue weighted by molar-refractivity contribution is -0.117. The van der Waals surface area contributed by atoms with Crippen molar-refractivity contribution in [2.24, 2.45) is 0 Å². The van der Waals surface area contributed by atoms with Gasteiger partial charge in [-0.05, 0) is 48.2 Å². The lowest BCUT2D eigenvalue weighted by Crippen LogP contribution is -2.06. The molecule has 2 aromatic carbocycles. The van der Waals surface area contributed by atoms with Crippen LogP contribution < -0.4 is 0 Å². The summed E-state index contributed by atoms with van der Waals surface area (Å²) in [4.78, 5) is 12.0. The topological polar surface area (TPSA) is 17.1 Å². The minimum atomic E-state index is 0.227. The number of aryl methyl sites for hydroxylation is 2. The molecular weight excluding hydrogens is 256 g/mol. The van der Waals surface area contributed by atoms with Gasteiger partial charge < -0.3 is 0 Å². The zero-order valence-corrected chi connectivity index (χ0v) is 12.0. The van der Waals surface area contributed by atoms with Gasteiger partial charge in [0.2, 0.25) is 0 Å². The molecule has 0 spiro atoms. The molecule has 0 aliphatic rings. The van der Waals surface area contributed by atoms with E-state index in [1.54, 1.807) is 0 Å². The molecule has 2 heteroatoms. The fourth-order valence-corrected chi connectivity index (χ4v) is 2.16. The lowest BCUT2D eigenvalue weighted by atomic mass is 10.00. The maximum absolute atomic E-state index is 12.0. The molecule has 0 amide bonds. The van der Waals surface area contributed by atoms with E-state index in [0.29, 0.717) is 17.9 Å². The molecule has 98 valence electrons. The van der Waals surface area contributed by atoms with Gasteiger partial charge in [0.15, 0.2) is 0 Å². The number of Topliss-reactive ketones (excluding diaryl/α,β-unsaturated/α-hetero) is 1. The van der Waals surface area contributed by atoms with Crippen molar-refractivity contribution in [2.75, 3.05) is 0 Å². The molecule has 0 bridgehead atoms. The van der Waals surface area contributed by atoms with Gasteiger partial charge >= 0.3 is 0 Å². The predicted octanol–water partition coefficient (Wildman–Crippen LogP) is 4.31. The van der Waals surface area contributed by atoms with E-state index in [9.17, 15) is 4.79 Å². The van der Waals surface area contributed by atoms with Crippen LogP contribution in [0, 0.1) is 13.8 Å². The Morgan fingerprint density at radius 3 is 2.11 bits per heavy atom. The van der Waals surface area contributed by atoms with Crippen LogP contribution in [0.5, 0.6) is 0 Å². The molecule has 2 aromatic rings. The number of benzene rings is 2. The van der Waals surface area contributed by atoms with Crippen molar-refractivity contribution in [1.29, 1.82) is 0 Å². The van der Waals surface area contributed by atoms with E-state index in [2.05, 4.69) is 26.0 Å². The van der Waals surface area contributed by atoms with Crippen molar-refractivity contribution >= 4 is 17.4 Å². The minimum absolute atomic E-state index is 0.227. The van der Waals surface area contributed by atoms with Crippen molar-refractivity contribution in [3.05, 3.63) is 69.7 Å². The Morgan fingerprint density at radius 2 is 1.47 bits per heavy atom. The fraction of sp³-hybridized carbons (Fsp3) is 0.235. The van der Waals surface area contributed by atoms with Crippen LogP contribution in [-0.2, 0) is 17.6 Å². The third kappa shape index (κ3) is 3.93. The van der Waals surface area contributed by atoms with Crippen LogP contribution in [0.4, 0.5) is 0 Å². The van der Waals surface area contributed by atoms with Crippen LogP contribution in [0.3, 0.4) is 0 Å². The van der Waals surface area contributed by atoms with E-state index in [1.165, 1.54) is 11.1 Å². The van der Waals surface area contributed by atoms with Gasteiger partial charge in [0, 0.05) is 17.9 Å². The Bertz CT molecular complexity index is 585. The first-order chi connectivity index (χ1) is 9.04. The normalized spacial score (nSPS) is 10.5. The standard InChI is InChI=1S/C17H17ClO/c1-12-3-4-15(9-13(12)2)11-17(19)10-14-5-7-16(18)8-6-14/h3-9H,10-11H2,1-2H3. The van der Waals surface area contributed by atoms with Crippen molar-refractivity contribution in [3.63, 3.8) is 0 Å². The first kappa shape index (κ1) is 13.8. The predicted molar refractivity (Wildman–Crippen MR) is 79.8 cm³/mol. The van der Waals surface area contributed by atoms with E-state index >= 15 is 0 Å². The third-order valence-corrected chi connectivity index (χ3v) is 3.54. The summed E-state index contributed by atoms with van der Waals surface area (Å²) < 4.78 is 0. The number of hydrogen-bond acceptors (Lipinski definition) is 1. The number of carbonyl (C=O) groups excluding carboxylic acids is 1. The summed E-state index contributed by atoms with van der Waals surface area (Å²) in [6, 6.07) is 13.6. The average molecular weight is 273 g/mol. The molecule has 0 atom stereocenters. The second-order valence-corrected chi connectivity index (χ2v) is 5.37. The highest BCUT2D eigenvalue weighted by Crippen LogP contribution is 2.13. The zero-order chi connectivity index (χ0) is 13.8. The molecule has 0 saturated heterocycles. The summed E-state index contributed by atoms with van der Waals surface area (Å²) in [5.41, 5.74) is 4.59. The molecular formula is C17H17ClO. The quantitative estimate of drug-likeness (QED) is 0.810. The number of ketones is 1. The molecule has 0 fully saturated rings. The molecule has 0 heterocycles. The summed E-state index contributed by atoms with van der Waals surface area (Å²) in [6.45, 7) is 4.15. The molecule has 0 aliphatic heterocycles. The van der Waals surface area contributed by atoms with Crippen LogP contribution in [0.2, 0.25) is 5.02 Å². The van der Waals surface area contributed by atoms with Crippen LogP contribution in [0.25, 0.3) is 0 Å². The van der Waals surface area contributed by atoms with Gasteiger partial charge in [0.1, 0.15) is 5.78 Å². The van der Waals surface area contributed by atoms with Gasteiger partial charge in [-0.1, -0.05) is 41.9 Å². The Hall–Kier alpha value is -1.60. The maximum Gasteiger partial charge on any atom is 0.141 e. The third-order valence-electron chi connectivity index (χ3n) is 3.29. The van der Waals surface area contributed by atoms with E-state index in [1.807, 2.05) is 30.3 Å². The molecule has 0 saturated carbocycles. The number of halogens is 1. The van der Waals surface area contributed by atoms with E-state index in [0.717, 1.165) is 11.1 Å². The highest BCUT2D eigenvalue weighted by Gasteiger charge is 2.06. The number of carbonyl (C=O) groups is 1. The molecule has 0 N–H and O–H groups in total. The Kier molecular flexibility index (Phi) is 4.39. The molecule has 19 heavy (non-hydrogen) atoms. The maximum atomic E-state index is 12.0. The van der Waals surface area contributed by atoms with E-state index in [4.69, 9.17) is 11.6 Å². The first-order valence-electron chi connectivity index (χ1n) is 6.37. The monoisotopic (exact) mass is 272 g/mol. The Labute approximate surface area is 119 Å². The number of rotatable bonds is 4. The molecule has 1 nitrogen and oxygen atoms in total. The first-order valence-corrected chi connectivity index (χ1v) is 6.74. The molecule has 2 rings (SSSR count). The summed E-state index contributed by atoms with van der Waals surface area (Å²) in [5.74, 6) is 0.227. The second kappa shape index (κ2) is 6.03. The van der Waals surface area contributed by atoms with Crippen molar-refractivity contribution in [1.82, 2.24) is 0 Å².